The minimum absolute atomic E-state index is 0.0721. The molecule has 0 aromatic carbocycles. The van der Waals surface area contributed by atoms with Gasteiger partial charge in [0.15, 0.2) is 0 Å². The fourth-order valence-corrected chi connectivity index (χ4v) is 1.37. The molecule has 0 radical (unpaired) electrons. The van der Waals surface area contributed by atoms with Gasteiger partial charge in [-0.25, -0.2) is 0 Å². The zero-order valence-corrected chi connectivity index (χ0v) is 6.79. The molecule has 1 fully saturated rings. The van der Waals surface area contributed by atoms with Gasteiger partial charge in [-0.05, 0) is 12.8 Å². The first-order valence-corrected chi connectivity index (χ1v) is 4.17. The maximum atomic E-state index is 9.19. The lowest BCUT2D eigenvalue weighted by Crippen LogP contribution is -2.40. The molecule has 1 aliphatic heterocycles. The molecule has 0 bridgehead atoms. The molecule has 0 atom stereocenters. The normalized spacial score (nSPS) is 22.4. The average molecular weight is 159 g/mol. The van der Waals surface area contributed by atoms with Crippen molar-refractivity contribution in [3.63, 3.8) is 0 Å². The standard InChI is InChI=1S/C7H17N3O/c8-9-3-6-10-4-1-7(11)2-5-10/h7,9,11H,1-6,8H2. The van der Waals surface area contributed by atoms with E-state index < -0.39 is 0 Å². The molecule has 4 N–H and O–H groups in total. The number of nitrogens with zero attached hydrogens (tertiary/aromatic N) is 1. The SMILES string of the molecule is NNCCN1CCC(O)CC1. The van der Waals surface area contributed by atoms with Crippen LogP contribution >= 0.6 is 0 Å². The Morgan fingerprint density at radius 2 is 2.09 bits per heavy atom. The highest BCUT2D eigenvalue weighted by Crippen LogP contribution is 2.08. The van der Waals surface area contributed by atoms with E-state index in [1.54, 1.807) is 0 Å². The maximum absolute atomic E-state index is 9.19. The van der Waals surface area contributed by atoms with Gasteiger partial charge in [0.2, 0.25) is 0 Å². The summed E-state index contributed by atoms with van der Waals surface area (Å²) in [6.07, 6.45) is 1.74. The Kier molecular flexibility index (Phi) is 3.79. The second-order valence-electron chi connectivity index (χ2n) is 3.03. The van der Waals surface area contributed by atoms with E-state index >= 15 is 0 Å². The highest BCUT2D eigenvalue weighted by atomic mass is 16.3. The zero-order valence-electron chi connectivity index (χ0n) is 6.79. The van der Waals surface area contributed by atoms with Crippen molar-refractivity contribution in [3.8, 4) is 0 Å². The molecule has 0 saturated carbocycles. The third-order valence-corrected chi connectivity index (χ3v) is 2.13. The van der Waals surface area contributed by atoms with Crippen LogP contribution in [0.4, 0.5) is 0 Å². The Morgan fingerprint density at radius 1 is 1.45 bits per heavy atom. The van der Waals surface area contributed by atoms with Crippen molar-refractivity contribution in [1.82, 2.24) is 10.3 Å². The van der Waals surface area contributed by atoms with Crippen LogP contribution in [0, 0.1) is 0 Å². The summed E-state index contributed by atoms with van der Waals surface area (Å²) >= 11 is 0. The van der Waals surface area contributed by atoms with Crippen molar-refractivity contribution in [3.05, 3.63) is 0 Å². The van der Waals surface area contributed by atoms with Gasteiger partial charge in [0.05, 0.1) is 6.10 Å². The topological polar surface area (TPSA) is 61.5 Å². The smallest absolute Gasteiger partial charge is 0.0564 e. The molecule has 0 amide bonds. The number of aliphatic hydroxyl groups is 1. The van der Waals surface area contributed by atoms with Crippen LogP contribution in [0.5, 0.6) is 0 Å². The molecule has 0 unspecified atom stereocenters. The van der Waals surface area contributed by atoms with Gasteiger partial charge in [-0.2, -0.15) is 0 Å². The van der Waals surface area contributed by atoms with Crippen molar-refractivity contribution in [2.24, 2.45) is 5.84 Å². The largest absolute Gasteiger partial charge is 0.393 e. The van der Waals surface area contributed by atoms with E-state index in [0.717, 1.165) is 39.0 Å². The van der Waals surface area contributed by atoms with Crippen LogP contribution in [0.2, 0.25) is 0 Å². The Hall–Kier alpha value is -0.160. The fourth-order valence-electron chi connectivity index (χ4n) is 1.37. The van der Waals surface area contributed by atoms with Gasteiger partial charge in [0.25, 0.3) is 0 Å². The predicted molar refractivity (Wildman–Crippen MR) is 43.9 cm³/mol. The third-order valence-electron chi connectivity index (χ3n) is 2.13. The first-order chi connectivity index (χ1) is 5.33. The van der Waals surface area contributed by atoms with Crippen LogP contribution in [0.25, 0.3) is 0 Å². The van der Waals surface area contributed by atoms with Crippen molar-refractivity contribution in [2.45, 2.75) is 18.9 Å². The van der Waals surface area contributed by atoms with E-state index in [0.29, 0.717) is 0 Å². The summed E-state index contributed by atoms with van der Waals surface area (Å²) in [4.78, 5) is 2.31. The van der Waals surface area contributed by atoms with E-state index in [4.69, 9.17) is 5.84 Å². The van der Waals surface area contributed by atoms with Gasteiger partial charge in [-0.3, -0.25) is 11.3 Å². The van der Waals surface area contributed by atoms with Crippen molar-refractivity contribution in [1.29, 1.82) is 0 Å². The molecule has 1 rings (SSSR count). The molecule has 11 heavy (non-hydrogen) atoms. The number of piperidine rings is 1. The van der Waals surface area contributed by atoms with E-state index in [-0.39, 0.29) is 6.10 Å². The molecule has 0 aromatic heterocycles. The Morgan fingerprint density at radius 3 is 2.64 bits per heavy atom. The summed E-state index contributed by atoms with van der Waals surface area (Å²) in [7, 11) is 0. The number of aliphatic hydroxyl groups excluding tert-OH is 1. The maximum Gasteiger partial charge on any atom is 0.0564 e. The quantitative estimate of drug-likeness (QED) is 0.361. The zero-order chi connectivity index (χ0) is 8.10. The summed E-state index contributed by atoms with van der Waals surface area (Å²) < 4.78 is 0. The van der Waals surface area contributed by atoms with Crippen molar-refractivity contribution < 1.29 is 5.11 Å². The monoisotopic (exact) mass is 159 g/mol. The van der Waals surface area contributed by atoms with Gasteiger partial charge >= 0.3 is 0 Å². The summed E-state index contributed by atoms with van der Waals surface area (Å²) in [5.74, 6) is 5.15. The molecule has 1 saturated heterocycles. The molecule has 0 aliphatic carbocycles. The van der Waals surface area contributed by atoms with E-state index in [2.05, 4.69) is 10.3 Å². The number of nitrogens with two attached hydrogens (primary N) is 1. The van der Waals surface area contributed by atoms with Crippen LogP contribution in [0.1, 0.15) is 12.8 Å². The minimum atomic E-state index is -0.0721. The number of likely N-dealkylation sites (tertiary alicyclic amines) is 1. The predicted octanol–water partition coefficient (Wildman–Crippen LogP) is -1.09. The Bertz CT molecular complexity index is 99.1. The lowest BCUT2D eigenvalue weighted by atomic mass is 10.1. The Labute approximate surface area is 67.3 Å². The molecule has 1 aliphatic rings. The lowest BCUT2D eigenvalue weighted by molar-refractivity contribution is 0.0831. The Balaban J connectivity index is 2.07. The van der Waals surface area contributed by atoms with Gasteiger partial charge in [-0.15, -0.1) is 0 Å². The van der Waals surface area contributed by atoms with E-state index in [9.17, 15) is 5.11 Å². The number of hydrazine groups is 1. The van der Waals surface area contributed by atoms with E-state index in [1.807, 2.05) is 0 Å². The molecular weight excluding hydrogens is 142 g/mol. The van der Waals surface area contributed by atoms with Crippen LogP contribution in [0.3, 0.4) is 0 Å². The van der Waals surface area contributed by atoms with Crippen LogP contribution in [-0.4, -0.2) is 42.3 Å². The minimum Gasteiger partial charge on any atom is -0.393 e. The first kappa shape index (κ1) is 8.93. The molecule has 0 spiro atoms. The van der Waals surface area contributed by atoms with Gasteiger partial charge in [0.1, 0.15) is 0 Å². The molecule has 4 nitrogen and oxygen atoms in total. The summed E-state index contributed by atoms with van der Waals surface area (Å²) in [5, 5.41) is 9.19. The summed E-state index contributed by atoms with van der Waals surface area (Å²) in [6.45, 7) is 3.82. The molecule has 66 valence electrons. The first-order valence-electron chi connectivity index (χ1n) is 4.17. The highest BCUT2D eigenvalue weighted by molar-refractivity contribution is 4.70. The molecular formula is C7H17N3O. The second-order valence-corrected chi connectivity index (χ2v) is 3.03. The van der Waals surface area contributed by atoms with E-state index in [1.165, 1.54) is 0 Å². The summed E-state index contributed by atoms with van der Waals surface area (Å²) in [6, 6.07) is 0. The van der Waals surface area contributed by atoms with Crippen molar-refractivity contribution >= 4 is 0 Å². The number of nitrogens with one attached hydrogen (secondary N) is 1. The summed E-state index contributed by atoms with van der Waals surface area (Å²) in [5.41, 5.74) is 2.62. The number of rotatable bonds is 3. The highest BCUT2D eigenvalue weighted by Gasteiger charge is 2.15. The van der Waals surface area contributed by atoms with Crippen molar-refractivity contribution in [2.75, 3.05) is 26.2 Å². The third kappa shape index (κ3) is 3.16. The van der Waals surface area contributed by atoms with Gasteiger partial charge < -0.3 is 10.0 Å². The number of hydrogen-bond acceptors (Lipinski definition) is 4. The van der Waals surface area contributed by atoms with Crippen LogP contribution < -0.4 is 11.3 Å². The molecule has 1 heterocycles. The van der Waals surface area contributed by atoms with Gasteiger partial charge in [-0.1, -0.05) is 0 Å². The fraction of sp³-hybridized carbons (Fsp3) is 1.00. The van der Waals surface area contributed by atoms with Gasteiger partial charge in [0, 0.05) is 26.2 Å². The molecule has 4 heteroatoms. The van der Waals surface area contributed by atoms with Crippen LogP contribution in [-0.2, 0) is 0 Å². The average Bonchev–Trinajstić information content (AvgIpc) is 2.04. The van der Waals surface area contributed by atoms with Crippen LogP contribution in [0.15, 0.2) is 0 Å². The lowest BCUT2D eigenvalue weighted by Gasteiger charge is -2.29. The number of hydrogen-bond donors (Lipinski definition) is 3. The molecule has 0 aromatic rings. The second kappa shape index (κ2) is 4.66.